The molecule has 0 spiro atoms. The number of amides is 1. The second-order valence-electron chi connectivity index (χ2n) is 3.80. The van der Waals surface area contributed by atoms with Crippen LogP contribution in [0.15, 0.2) is 36.4 Å². The minimum absolute atomic E-state index is 0.160. The fourth-order valence-corrected chi connectivity index (χ4v) is 1.56. The number of benzene rings is 2. The maximum absolute atomic E-state index is 13.3. The Bertz CT molecular complexity index is 593. The molecule has 1 amide bonds. The van der Waals surface area contributed by atoms with E-state index >= 15 is 0 Å². The monoisotopic (exact) mass is 264 g/mol. The van der Waals surface area contributed by atoms with E-state index in [0.29, 0.717) is 0 Å². The molecular formula is C14H9F3NO. The summed E-state index contributed by atoms with van der Waals surface area (Å²) in [6, 6.07) is 9.68. The van der Waals surface area contributed by atoms with Gasteiger partial charge < -0.3 is 5.32 Å². The van der Waals surface area contributed by atoms with E-state index in [-0.39, 0.29) is 12.1 Å². The molecule has 0 aliphatic heterocycles. The number of nitrogens with one attached hydrogen (secondary N) is 1. The third-order valence-electron chi connectivity index (χ3n) is 2.53. The number of hydrogen-bond donors (Lipinski definition) is 1. The van der Waals surface area contributed by atoms with Crippen molar-refractivity contribution in [2.24, 2.45) is 0 Å². The van der Waals surface area contributed by atoms with E-state index < -0.39 is 28.9 Å². The maximum atomic E-state index is 13.3. The van der Waals surface area contributed by atoms with E-state index in [0.717, 1.165) is 24.3 Å². The van der Waals surface area contributed by atoms with Crippen LogP contribution in [0, 0.1) is 23.5 Å². The fraction of sp³-hybridized carbons (Fsp3) is 0.0714. The Morgan fingerprint density at radius 2 is 1.79 bits per heavy atom. The standard InChI is InChI=1S/C14H9F3NO/c15-10-5-2-1-4-9(10)8-18-14(19)13-11(16)6-3-7-12(13)17/h1,3-7H,8H2,(H,18,19). The van der Waals surface area contributed by atoms with Gasteiger partial charge in [-0.3, -0.25) is 4.79 Å². The van der Waals surface area contributed by atoms with Crippen LogP contribution in [-0.4, -0.2) is 5.91 Å². The summed E-state index contributed by atoms with van der Waals surface area (Å²) < 4.78 is 39.9. The molecule has 0 fully saturated rings. The van der Waals surface area contributed by atoms with Gasteiger partial charge in [0.1, 0.15) is 23.0 Å². The molecule has 0 saturated heterocycles. The summed E-state index contributed by atoms with van der Waals surface area (Å²) in [5, 5.41) is 2.26. The number of halogens is 3. The van der Waals surface area contributed by atoms with Gasteiger partial charge in [-0.05, 0) is 24.3 Å². The molecule has 0 aliphatic carbocycles. The van der Waals surface area contributed by atoms with Crippen molar-refractivity contribution in [1.82, 2.24) is 5.32 Å². The van der Waals surface area contributed by atoms with Crippen LogP contribution < -0.4 is 5.32 Å². The zero-order valence-electron chi connectivity index (χ0n) is 9.71. The highest BCUT2D eigenvalue weighted by Gasteiger charge is 2.16. The normalized spacial score (nSPS) is 10.3. The molecule has 2 aromatic rings. The number of hydrogen-bond acceptors (Lipinski definition) is 1. The average molecular weight is 264 g/mol. The number of carbonyl (C=O) groups is 1. The highest BCUT2D eigenvalue weighted by atomic mass is 19.1. The molecule has 1 radical (unpaired) electrons. The van der Waals surface area contributed by atoms with E-state index in [2.05, 4.69) is 11.4 Å². The minimum Gasteiger partial charge on any atom is -0.348 e. The lowest BCUT2D eigenvalue weighted by Crippen LogP contribution is -2.25. The molecule has 5 heteroatoms. The van der Waals surface area contributed by atoms with Gasteiger partial charge in [-0.2, -0.15) is 0 Å². The summed E-state index contributed by atoms with van der Waals surface area (Å²) in [5.41, 5.74) is -0.464. The smallest absolute Gasteiger partial charge is 0.257 e. The van der Waals surface area contributed by atoms with Crippen LogP contribution in [0.2, 0.25) is 0 Å². The predicted molar refractivity (Wildman–Crippen MR) is 62.8 cm³/mol. The third kappa shape index (κ3) is 2.93. The van der Waals surface area contributed by atoms with Crippen molar-refractivity contribution in [2.75, 3.05) is 0 Å². The van der Waals surface area contributed by atoms with Gasteiger partial charge in [0.2, 0.25) is 0 Å². The van der Waals surface area contributed by atoms with Crippen molar-refractivity contribution in [3.8, 4) is 0 Å². The van der Waals surface area contributed by atoms with Crippen molar-refractivity contribution in [1.29, 1.82) is 0 Å². The molecule has 2 rings (SSSR count). The molecule has 97 valence electrons. The highest BCUT2D eigenvalue weighted by molar-refractivity contribution is 5.94. The van der Waals surface area contributed by atoms with Gasteiger partial charge in [0, 0.05) is 12.1 Å². The molecule has 0 heterocycles. The van der Waals surface area contributed by atoms with Gasteiger partial charge in [0.25, 0.3) is 5.91 Å². The summed E-state index contributed by atoms with van der Waals surface area (Å²) in [7, 11) is 0. The molecule has 19 heavy (non-hydrogen) atoms. The van der Waals surface area contributed by atoms with E-state index in [1.165, 1.54) is 12.1 Å². The maximum Gasteiger partial charge on any atom is 0.257 e. The zero-order chi connectivity index (χ0) is 13.8. The lowest BCUT2D eigenvalue weighted by Gasteiger charge is -2.07. The molecule has 0 saturated carbocycles. The number of carbonyl (C=O) groups excluding carboxylic acids is 1. The Labute approximate surface area is 107 Å². The SMILES string of the molecule is O=C(NCc1cc[c]cc1F)c1c(F)cccc1F. The average Bonchev–Trinajstić information content (AvgIpc) is 2.37. The Morgan fingerprint density at radius 3 is 2.42 bits per heavy atom. The lowest BCUT2D eigenvalue weighted by molar-refractivity contribution is 0.0942. The molecule has 0 unspecified atom stereocenters. The van der Waals surface area contributed by atoms with E-state index in [4.69, 9.17) is 0 Å². The fourth-order valence-electron chi connectivity index (χ4n) is 1.56. The van der Waals surface area contributed by atoms with Gasteiger partial charge in [-0.15, -0.1) is 0 Å². The zero-order valence-corrected chi connectivity index (χ0v) is 9.71. The van der Waals surface area contributed by atoms with Crippen LogP contribution in [0.3, 0.4) is 0 Å². The second-order valence-corrected chi connectivity index (χ2v) is 3.80. The summed E-state index contributed by atoms with van der Waals surface area (Å²) in [4.78, 5) is 11.6. The van der Waals surface area contributed by atoms with Crippen LogP contribution in [0.5, 0.6) is 0 Å². The van der Waals surface area contributed by atoms with Crippen molar-refractivity contribution >= 4 is 5.91 Å². The predicted octanol–water partition coefficient (Wildman–Crippen LogP) is 2.83. The van der Waals surface area contributed by atoms with Crippen LogP contribution in [-0.2, 0) is 6.54 Å². The largest absolute Gasteiger partial charge is 0.348 e. The lowest BCUT2D eigenvalue weighted by atomic mass is 10.1. The first-order valence-corrected chi connectivity index (χ1v) is 5.46. The van der Waals surface area contributed by atoms with Gasteiger partial charge in [-0.1, -0.05) is 18.2 Å². The first-order chi connectivity index (χ1) is 9.09. The third-order valence-corrected chi connectivity index (χ3v) is 2.53. The Balaban J connectivity index is 2.13. The molecule has 2 aromatic carbocycles. The van der Waals surface area contributed by atoms with Crippen LogP contribution in [0.4, 0.5) is 13.2 Å². The topological polar surface area (TPSA) is 29.1 Å². The van der Waals surface area contributed by atoms with Gasteiger partial charge >= 0.3 is 0 Å². The van der Waals surface area contributed by atoms with Crippen molar-refractivity contribution in [3.63, 3.8) is 0 Å². The first kappa shape index (κ1) is 13.1. The molecule has 1 N–H and O–H groups in total. The Kier molecular flexibility index (Phi) is 3.85. The van der Waals surface area contributed by atoms with Crippen LogP contribution in [0.25, 0.3) is 0 Å². The van der Waals surface area contributed by atoms with Crippen LogP contribution >= 0.6 is 0 Å². The molecular weight excluding hydrogens is 255 g/mol. The molecule has 2 nitrogen and oxygen atoms in total. The first-order valence-electron chi connectivity index (χ1n) is 5.46. The minimum atomic E-state index is -0.959. The van der Waals surface area contributed by atoms with E-state index in [1.807, 2.05) is 0 Å². The summed E-state index contributed by atoms with van der Waals surface area (Å²) in [5.74, 6) is -3.39. The highest BCUT2D eigenvalue weighted by Crippen LogP contribution is 2.12. The summed E-state index contributed by atoms with van der Waals surface area (Å²) in [6.07, 6.45) is 0. The van der Waals surface area contributed by atoms with Gasteiger partial charge in [0.05, 0.1) is 0 Å². The molecule has 0 aromatic heterocycles. The van der Waals surface area contributed by atoms with Crippen molar-refractivity contribution in [2.45, 2.75) is 6.54 Å². The van der Waals surface area contributed by atoms with Crippen molar-refractivity contribution in [3.05, 3.63) is 71.0 Å². The number of rotatable bonds is 3. The summed E-state index contributed by atoms with van der Waals surface area (Å²) in [6.45, 7) is -0.160. The van der Waals surface area contributed by atoms with E-state index in [1.54, 1.807) is 0 Å². The summed E-state index contributed by atoms with van der Waals surface area (Å²) >= 11 is 0. The Hall–Kier alpha value is -2.30. The molecule has 0 atom stereocenters. The van der Waals surface area contributed by atoms with E-state index in [9.17, 15) is 18.0 Å². The molecule has 0 bridgehead atoms. The van der Waals surface area contributed by atoms with Crippen LogP contribution in [0.1, 0.15) is 15.9 Å². The second kappa shape index (κ2) is 5.56. The quantitative estimate of drug-likeness (QED) is 0.907. The Morgan fingerprint density at radius 1 is 1.11 bits per heavy atom. The van der Waals surface area contributed by atoms with Gasteiger partial charge in [-0.25, -0.2) is 13.2 Å². The van der Waals surface area contributed by atoms with Crippen molar-refractivity contribution < 1.29 is 18.0 Å². The molecule has 0 aliphatic rings. The van der Waals surface area contributed by atoms with Gasteiger partial charge in [0.15, 0.2) is 0 Å².